The van der Waals surface area contributed by atoms with Crippen LogP contribution < -0.4 is 11.1 Å². The monoisotopic (exact) mass is 392 g/mol. The minimum Gasteiger partial charge on any atom is -0.325 e. The van der Waals surface area contributed by atoms with Crippen LogP contribution in [0.15, 0.2) is 78.9 Å². The fourth-order valence-electron chi connectivity index (χ4n) is 3.61. The topological polar surface area (TPSA) is 55.1 Å². The van der Waals surface area contributed by atoms with Crippen LogP contribution in [0.25, 0.3) is 11.1 Å². The Morgan fingerprint density at radius 1 is 0.964 bits per heavy atom. The molecule has 0 unspecified atom stereocenters. The quantitative estimate of drug-likeness (QED) is 0.591. The summed E-state index contributed by atoms with van der Waals surface area (Å²) >= 11 is 0. The number of amides is 1. The van der Waals surface area contributed by atoms with Gasteiger partial charge in [-0.05, 0) is 53.8 Å². The molecule has 0 bridgehead atoms. The number of nitrogens with one attached hydrogen (secondary N) is 1. The smallest absolute Gasteiger partial charge is 0.255 e. The lowest BCUT2D eigenvalue weighted by molar-refractivity contribution is 0.102. The Morgan fingerprint density at radius 2 is 1.57 bits per heavy atom. The van der Waals surface area contributed by atoms with Gasteiger partial charge in [0.1, 0.15) is 0 Å². The Bertz CT molecular complexity index is 939. The Hall–Kier alpha value is -2.62. The SMILES string of the molecule is CC[C@@]1(N)C[C@H]1c1ccc(NC(=O)c2ccc(-c3ccccc3)cc2)cc1.Cl. The zero-order chi connectivity index (χ0) is 18.9. The molecular weight excluding hydrogens is 368 g/mol. The summed E-state index contributed by atoms with van der Waals surface area (Å²) in [4.78, 5) is 12.5. The molecular formula is C24H25ClN2O. The van der Waals surface area contributed by atoms with E-state index in [0.717, 1.165) is 29.7 Å². The Kier molecular flexibility index (Phi) is 5.87. The summed E-state index contributed by atoms with van der Waals surface area (Å²) in [5.41, 5.74) is 11.2. The number of benzene rings is 3. The van der Waals surface area contributed by atoms with Crippen molar-refractivity contribution < 1.29 is 4.79 Å². The van der Waals surface area contributed by atoms with Crippen molar-refractivity contribution in [3.05, 3.63) is 90.0 Å². The van der Waals surface area contributed by atoms with Crippen molar-refractivity contribution in [3.8, 4) is 11.1 Å². The molecule has 0 heterocycles. The van der Waals surface area contributed by atoms with Crippen molar-refractivity contribution in [1.29, 1.82) is 0 Å². The van der Waals surface area contributed by atoms with Crippen molar-refractivity contribution in [3.63, 3.8) is 0 Å². The second-order valence-corrected chi connectivity index (χ2v) is 7.36. The molecule has 144 valence electrons. The average Bonchev–Trinajstić information content (AvgIpc) is 3.41. The van der Waals surface area contributed by atoms with E-state index in [1.54, 1.807) is 0 Å². The van der Waals surface area contributed by atoms with E-state index in [-0.39, 0.29) is 23.9 Å². The molecule has 1 fully saturated rings. The van der Waals surface area contributed by atoms with Crippen LogP contribution in [0.1, 0.15) is 41.6 Å². The maximum absolute atomic E-state index is 12.5. The first kappa shape index (κ1) is 20.1. The molecule has 3 N–H and O–H groups in total. The van der Waals surface area contributed by atoms with Crippen LogP contribution in [0.3, 0.4) is 0 Å². The van der Waals surface area contributed by atoms with E-state index in [4.69, 9.17) is 5.73 Å². The number of carbonyl (C=O) groups is 1. The lowest BCUT2D eigenvalue weighted by atomic mass is 10.0. The molecule has 3 aromatic carbocycles. The minimum absolute atomic E-state index is 0. The van der Waals surface area contributed by atoms with Gasteiger partial charge >= 0.3 is 0 Å². The van der Waals surface area contributed by atoms with Gasteiger partial charge in [-0.15, -0.1) is 12.4 Å². The third-order valence-corrected chi connectivity index (χ3v) is 5.60. The molecule has 0 aliphatic heterocycles. The van der Waals surface area contributed by atoms with Gasteiger partial charge in [-0.3, -0.25) is 4.79 Å². The Labute approximate surface area is 172 Å². The number of hydrogen-bond acceptors (Lipinski definition) is 2. The standard InChI is InChI=1S/C24H24N2O.ClH/c1-2-24(25)16-22(24)19-12-14-21(15-13-19)26-23(27)20-10-8-18(9-11-20)17-6-4-3-5-7-17;/h3-15,22H,2,16,25H2,1H3,(H,26,27);1H/t22-,24+;/m0./s1. The van der Waals surface area contributed by atoms with E-state index in [0.29, 0.717) is 11.5 Å². The van der Waals surface area contributed by atoms with E-state index in [9.17, 15) is 4.79 Å². The Morgan fingerprint density at radius 3 is 2.14 bits per heavy atom. The van der Waals surface area contributed by atoms with Crippen molar-refractivity contribution in [2.24, 2.45) is 5.73 Å². The lowest BCUT2D eigenvalue weighted by Gasteiger charge is -2.10. The number of halogens is 1. The highest BCUT2D eigenvalue weighted by atomic mass is 35.5. The molecule has 1 saturated carbocycles. The van der Waals surface area contributed by atoms with E-state index in [1.807, 2.05) is 54.6 Å². The first-order valence-corrected chi connectivity index (χ1v) is 9.45. The summed E-state index contributed by atoms with van der Waals surface area (Å²) in [5.74, 6) is 0.341. The highest BCUT2D eigenvalue weighted by Gasteiger charge is 2.49. The van der Waals surface area contributed by atoms with Gasteiger partial charge < -0.3 is 11.1 Å². The summed E-state index contributed by atoms with van der Waals surface area (Å²) in [6.07, 6.45) is 2.04. The molecule has 1 aliphatic carbocycles. The third-order valence-electron chi connectivity index (χ3n) is 5.60. The second kappa shape index (κ2) is 8.17. The molecule has 3 nitrogen and oxygen atoms in total. The van der Waals surface area contributed by atoms with Crippen molar-refractivity contribution in [2.75, 3.05) is 5.32 Å². The van der Waals surface area contributed by atoms with Gasteiger partial charge in [0.05, 0.1) is 0 Å². The molecule has 0 radical (unpaired) electrons. The zero-order valence-electron chi connectivity index (χ0n) is 15.9. The van der Waals surface area contributed by atoms with Gasteiger partial charge in [-0.2, -0.15) is 0 Å². The molecule has 1 aliphatic rings. The van der Waals surface area contributed by atoms with Gasteiger partial charge in [0.25, 0.3) is 5.91 Å². The Balaban J connectivity index is 0.00000225. The highest BCUT2D eigenvalue weighted by molar-refractivity contribution is 6.04. The van der Waals surface area contributed by atoms with Gasteiger partial charge in [-0.25, -0.2) is 0 Å². The van der Waals surface area contributed by atoms with Crippen LogP contribution in [0.5, 0.6) is 0 Å². The zero-order valence-corrected chi connectivity index (χ0v) is 16.7. The van der Waals surface area contributed by atoms with Gasteiger partial charge in [0.15, 0.2) is 0 Å². The van der Waals surface area contributed by atoms with E-state index in [1.165, 1.54) is 5.56 Å². The predicted molar refractivity (Wildman–Crippen MR) is 118 cm³/mol. The predicted octanol–water partition coefficient (Wildman–Crippen LogP) is 5.62. The third kappa shape index (κ3) is 4.11. The summed E-state index contributed by atoms with van der Waals surface area (Å²) in [5, 5.41) is 2.97. The van der Waals surface area contributed by atoms with Crippen LogP contribution in [0, 0.1) is 0 Å². The summed E-state index contributed by atoms with van der Waals surface area (Å²) in [6, 6.07) is 25.9. The normalized spacial score (nSPS) is 20.1. The molecule has 28 heavy (non-hydrogen) atoms. The minimum atomic E-state index is -0.101. The fraction of sp³-hybridized carbons (Fsp3) is 0.208. The summed E-state index contributed by atoms with van der Waals surface area (Å²) < 4.78 is 0. The van der Waals surface area contributed by atoms with Crippen LogP contribution >= 0.6 is 12.4 Å². The number of nitrogens with two attached hydrogens (primary N) is 1. The maximum Gasteiger partial charge on any atom is 0.255 e. The molecule has 0 aromatic heterocycles. The van der Waals surface area contributed by atoms with E-state index >= 15 is 0 Å². The second-order valence-electron chi connectivity index (χ2n) is 7.36. The van der Waals surface area contributed by atoms with Crippen LogP contribution in [0.2, 0.25) is 0 Å². The number of hydrogen-bond donors (Lipinski definition) is 2. The first-order valence-electron chi connectivity index (χ1n) is 9.45. The molecule has 4 rings (SSSR count). The summed E-state index contributed by atoms with van der Waals surface area (Å²) in [7, 11) is 0. The maximum atomic E-state index is 12.5. The van der Waals surface area contributed by atoms with Gasteiger partial charge in [0.2, 0.25) is 0 Å². The van der Waals surface area contributed by atoms with Crippen molar-refractivity contribution in [2.45, 2.75) is 31.2 Å². The highest BCUT2D eigenvalue weighted by Crippen LogP contribution is 2.51. The molecule has 4 heteroatoms. The number of rotatable bonds is 5. The van der Waals surface area contributed by atoms with Crippen LogP contribution in [-0.2, 0) is 0 Å². The van der Waals surface area contributed by atoms with E-state index < -0.39 is 0 Å². The van der Waals surface area contributed by atoms with Gasteiger partial charge in [0, 0.05) is 22.7 Å². The summed E-state index contributed by atoms with van der Waals surface area (Å²) in [6.45, 7) is 2.14. The number of carbonyl (C=O) groups excluding carboxylic acids is 1. The number of anilines is 1. The molecule has 0 saturated heterocycles. The molecule has 1 amide bonds. The van der Waals surface area contributed by atoms with Crippen LogP contribution in [0.4, 0.5) is 5.69 Å². The van der Waals surface area contributed by atoms with Gasteiger partial charge in [-0.1, -0.05) is 61.5 Å². The molecule has 3 aromatic rings. The lowest BCUT2D eigenvalue weighted by Crippen LogP contribution is -2.22. The van der Waals surface area contributed by atoms with Crippen molar-refractivity contribution >= 4 is 24.0 Å². The average molecular weight is 393 g/mol. The van der Waals surface area contributed by atoms with Crippen LogP contribution in [-0.4, -0.2) is 11.4 Å². The van der Waals surface area contributed by atoms with E-state index in [2.05, 4.69) is 36.5 Å². The largest absolute Gasteiger partial charge is 0.325 e. The fourth-order valence-corrected chi connectivity index (χ4v) is 3.61. The molecule has 0 spiro atoms. The molecule has 2 atom stereocenters. The van der Waals surface area contributed by atoms with Crippen molar-refractivity contribution in [1.82, 2.24) is 0 Å². The first-order chi connectivity index (χ1) is 13.1.